The third-order valence-electron chi connectivity index (χ3n) is 8.79. The molecule has 5 rings (SSSR count). The Kier molecular flexibility index (Phi) is 10.2. The number of esters is 1. The van der Waals surface area contributed by atoms with E-state index in [1.165, 1.54) is 32.8 Å². The van der Waals surface area contributed by atoms with Crippen molar-refractivity contribution in [3.8, 4) is 5.75 Å². The molecule has 2 aromatic rings. The molecule has 0 aromatic heterocycles. The highest BCUT2D eigenvalue weighted by Gasteiger charge is 2.41. The van der Waals surface area contributed by atoms with Crippen LogP contribution < -0.4 is 10.1 Å². The number of aliphatic hydroxyl groups excluding tert-OH is 1. The Morgan fingerprint density at radius 3 is 2.36 bits per heavy atom. The molecule has 3 aliphatic rings. The summed E-state index contributed by atoms with van der Waals surface area (Å²) in [6, 6.07) is 13.1. The van der Waals surface area contributed by atoms with Gasteiger partial charge in [-0.3, -0.25) is 4.79 Å². The molecule has 5 atom stereocenters. The third kappa shape index (κ3) is 7.26. The van der Waals surface area contributed by atoms with Crippen molar-refractivity contribution in [2.45, 2.75) is 55.2 Å². The van der Waals surface area contributed by atoms with E-state index in [2.05, 4.69) is 5.32 Å². The highest BCUT2D eigenvalue weighted by atomic mass is 32.2. The number of hydrogen-bond donors (Lipinski definition) is 2. The van der Waals surface area contributed by atoms with Crippen LogP contribution in [0.5, 0.6) is 5.75 Å². The summed E-state index contributed by atoms with van der Waals surface area (Å²) in [5.41, 5.74) is 1.28. The number of nitrogens with zero attached hydrogens (tertiary/aromatic N) is 1. The summed E-state index contributed by atoms with van der Waals surface area (Å²) in [6.45, 7) is -0.552. The van der Waals surface area contributed by atoms with Gasteiger partial charge in [0.15, 0.2) is 5.76 Å². The lowest BCUT2D eigenvalue weighted by Gasteiger charge is -2.31. The minimum atomic E-state index is -3.92. The standard InChI is InChI=1S/C32H40N2O9S/c1-40-26-9-11-27(12-10-26)44(38,39)34(13-15-35)14-16-42-30-20-25(22-5-7-23(8-6-22)32(37)41-2)19-29(43-30)31(36)33-28-18-21-3-4-24(28)17-21/h5-12,19,21,24-25,28,30,35H,3-4,13-18,20H2,1-2H3,(H,33,36)/t21?,24?,25-,28?,30+/m0/s1. The molecule has 44 heavy (non-hydrogen) atoms. The smallest absolute Gasteiger partial charge is 0.337 e. The zero-order chi connectivity index (χ0) is 31.3. The summed E-state index contributed by atoms with van der Waals surface area (Å²) in [7, 11) is -1.10. The Morgan fingerprint density at radius 2 is 1.75 bits per heavy atom. The molecular formula is C32H40N2O9S. The lowest BCUT2D eigenvalue weighted by atomic mass is 9.92. The van der Waals surface area contributed by atoms with Gasteiger partial charge >= 0.3 is 5.97 Å². The number of fused-ring (bicyclic) bond motifs is 2. The van der Waals surface area contributed by atoms with Gasteiger partial charge in [0.25, 0.3) is 5.91 Å². The lowest BCUT2D eigenvalue weighted by molar-refractivity contribution is -0.147. The van der Waals surface area contributed by atoms with Crippen LogP contribution in [0.4, 0.5) is 0 Å². The summed E-state index contributed by atoms with van der Waals surface area (Å²) in [4.78, 5) is 25.4. The number of carbonyl (C=O) groups is 2. The third-order valence-corrected chi connectivity index (χ3v) is 10.7. The van der Waals surface area contributed by atoms with Crippen molar-refractivity contribution in [1.29, 1.82) is 0 Å². The molecule has 2 aromatic carbocycles. The second-order valence-corrected chi connectivity index (χ2v) is 13.4. The highest BCUT2D eigenvalue weighted by molar-refractivity contribution is 7.89. The van der Waals surface area contributed by atoms with E-state index in [0.717, 1.165) is 29.1 Å². The lowest BCUT2D eigenvalue weighted by Crippen LogP contribution is -2.41. The Morgan fingerprint density at radius 1 is 1.00 bits per heavy atom. The Labute approximate surface area is 258 Å². The summed E-state index contributed by atoms with van der Waals surface area (Å²) in [6.07, 6.45) is 5.79. The van der Waals surface area contributed by atoms with Crippen LogP contribution in [0.3, 0.4) is 0 Å². The van der Waals surface area contributed by atoms with Crippen molar-refractivity contribution in [2.75, 3.05) is 40.5 Å². The number of sulfonamides is 1. The van der Waals surface area contributed by atoms with Crippen LogP contribution in [-0.2, 0) is 29.0 Å². The maximum Gasteiger partial charge on any atom is 0.337 e. The fourth-order valence-electron chi connectivity index (χ4n) is 6.44. The van der Waals surface area contributed by atoms with Crippen molar-refractivity contribution in [2.24, 2.45) is 11.8 Å². The number of ether oxygens (including phenoxy) is 4. The first kappa shape index (κ1) is 32.0. The molecule has 3 unspecified atom stereocenters. The molecule has 0 radical (unpaired) electrons. The van der Waals surface area contributed by atoms with Gasteiger partial charge in [0, 0.05) is 31.5 Å². The number of methoxy groups -OCH3 is 2. The van der Waals surface area contributed by atoms with Gasteiger partial charge in [0.1, 0.15) is 5.75 Å². The van der Waals surface area contributed by atoms with Crippen molar-refractivity contribution in [3.63, 3.8) is 0 Å². The van der Waals surface area contributed by atoms with Crippen LogP contribution in [0.25, 0.3) is 0 Å². The molecule has 2 aliphatic carbocycles. The summed E-state index contributed by atoms with van der Waals surface area (Å²) >= 11 is 0. The van der Waals surface area contributed by atoms with Gasteiger partial charge in [-0.1, -0.05) is 18.6 Å². The number of hydrogen-bond acceptors (Lipinski definition) is 9. The summed E-state index contributed by atoms with van der Waals surface area (Å²) < 4.78 is 49.7. The molecule has 2 fully saturated rings. The van der Waals surface area contributed by atoms with Crippen LogP contribution >= 0.6 is 0 Å². The van der Waals surface area contributed by atoms with Crippen molar-refractivity contribution in [1.82, 2.24) is 9.62 Å². The van der Waals surface area contributed by atoms with E-state index in [4.69, 9.17) is 18.9 Å². The fourth-order valence-corrected chi connectivity index (χ4v) is 7.86. The van der Waals surface area contributed by atoms with Crippen molar-refractivity contribution >= 4 is 21.9 Å². The average molecular weight is 629 g/mol. The van der Waals surface area contributed by atoms with Gasteiger partial charge in [-0.2, -0.15) is 4.31 Å². The number of benzene rings is 2. The van der Waals surface area contributed by atoms with E-state index in [1.54, 1.807) is 30.3 Å². The second-order valence-electron chi connectivity index (χ2n) is 11.5. The molecular weight excluding hydrogens is 588 g/mol. The number of nitrogens with one attached hydrogen (secondary N) is 1. The first-order chi connectivity index (χ1) is 21.2. The monoisotopic (exact) mass is 628 g/mol. The van der Waals surface area contributed by atoms with E-state index in [0.29, 0.717) is 29.6 Å². The molecule has 1 amide bonds. The van der Waals surface area contributed by atoms with Crippen molar-refractivity contribution < 1.29 is 42.1 Å². The minimum Gasteiger partial charge on any atom is -0.497 e. The first-order valence-electron chi connectivity index (χ1n) is 15.0. The minimum absolute atomic E-state index is 0.0324. The van der Waals surface area contributed by atoms with Crippen LogP contribution in [-0.4, -0.2) is 82.6 Å². The number of amides is 1. The van der Waals surface area contributed by atoms with Gasteiger partial charge in [-0.05, 0) is 79.1 Å². The van der Waals surface area contributed by atoms with Gasteiger partial charge in [-0.25, -0.2) is 13.2 Å². The molecule has 238 valence electrons. The Balaban J connectivity index is 1.28. The molecule has 0 saturated heterocycles. The van der Waals surface area contributed by atoms with Crippen LogP contribution in [0, 0.1) is 11.8 Å². The Hall–Kier alpha value is -3.45. The van der Waals surface area contributed by atoms with Gasteiger partial charge in [0.2, 0.25) is 16.3 Å². The predicted molar refractivity (Wildman–Crippen MR) is 160 cm³/mol. The second kappa shape index (κ2) is 14.1. The van der Waals surface area contributed by atoms with E-state index < -0.39 is 22.3 Å². The fraction of sp³-hybridized carbons (Fsp3) is 0.500. The molecule has 2 N–H and O–H groups in total. The first-order valence-corrected chi connectivity index (χ1v) is 16.4. The molecule has 11 nitrogen and oxygen atoms in total. The quantitative estimate of drug-likeness (QED) is 0.320. The summed E-state index contributed by atoms with van der Waals surface area (Å²) in [5.74, 6) is 0.853. The molecule has 1 heterocycles. The number of rotatable bonds is 13. The number of aliphatic hydroxyl groups is 1. The van der Waals surface area contributed by atoms with Crippen LogP contribution in [0.1, 0.15) is 53.9 Å². The molecule has 0 spiro atoms. The molecule has 2 saturated carbocycles. The van der Waals surface area contributed by atoms with Gasteiger partial charge < -0.3 is 29.4 Å². The average Bonchev–Trinajstić information content (AvgIpc) is 3.67. The van der Waals surface area contributed by atoms with Gasteiger partial charge in [-0.15, -0.1) is 0 Å². The normalized spacial score (nSPS) is 24.5. The van der Waals surface area contributed by atoms with E-state index in [9.17, 15) is 23.1 Å². The SMILES string of the molecule is COC(=O)c1ccc([C@H]2C=C(C(=O)NC3CC4CCC3C4)O[C@@H](OCCN(CCO)S(=O)(=O)c3ccc(OC)cc3)C2)cc1. The van der Waals surface area contributed by atoms with E-state index >= 15 is 0 Å². The van der Waals surface area contributed by atoms with Gasteiger partial charge in [0.05, 0.1) is 37.9 Å². The number of allylic oxidation sites excluding steroid dienone is 1. The maximum atomic E-state index is 13.4. The number of carbonyl (C=O) groups excluding carboxylic acids is 2. The van der Waals surface area contributed by atoms with Crippen LogP contribution in [0.2, 0.25) is 0 Å². The highest BCUT2D eigenvalue weighted by Crippen LogP contribution is 2.44. The summed E-state index contributed by atoms with van der Waals surface area (Å²) in [5, 5.41) is 12.8. The van der Waals surface area contributed by atoms with Crippen molar-refractivity contribution in [3.05, 3.63) is 71.5 Å². The van der Waals surface area contributed by atoms with E-state index in [1.807, 2.05) is 12.1 Å². The predicted octanol–water partition coefficient (Wildman–Crippen LogP) is 3.20. The zero-order valence-corrected chi connectivity index (χ0v) is 25.8. The molecule has 12 heteroatoms. The van der Waals surface area contributed by atoms with Crippen LogP contribution in [0.15, 0.2) is 65.3 Å². The molecule has 2 bridgehead atoms. The van der Waals surface area contributed by atoms with E-state index in [-0.39, 0.29) is 54.8 Å². The largest absolute Gasteiger partial charge is 0.497 e. The topological polar surface area (TPSA) is 141 Å². The molecule has 1 aliphatic heterocycles. The maximum absolute atomic E-state index is 13.4. The zero-order valence-electron chi connectivity index (χ0n) is 25.0. The Bertz CT molecular complexity index is 1440.